The van der Waals surface area contributed by atoms with Crippen molar-refractivity contribution in [2.45, 2.75) is 57.3 Å². The Bertz CT molecular complexity index is 907. The van der Waals surface area contributed by atoms with Gasteiger partial charge in [-0.3, -0.25) is 19.2 Å². The molecule has 1 aromatic rings. The summed E-state index contributed by atoms with van der Waals surface area (Å²) in [7, 11) is 0. The lowest BCUT2D eigenvalue weighted by molar-refractivity contribution is -0.147. The third-order valence-electron chi connectivity index (χ3n) is 5.33. The predicted octanol–water partition coefficient (Wildman–Crippen LogP) is -1.69. The molecule has 0 aliphatic rings. The number of phenolic OH excluding ortho intramolecular Hbond substituents is 1. The highest BCUT2D eigenvalue weighted by Crippen LogP contribution is 2.13. The molecule has 0 radical (unpaired) electrons. The molecule has 5 unspecified atom stereocenters. The Balaban J connectivity index is 3.19. The summed E-state index contributed by atoms with van der Waals surface area (Å²) in [5.41, 5.74) is 6.01. The molecule has 5 atom stereocenters. The van der Waals surface area contributed by atoms with Crippen molar-refractivity contribution in [2.24, 2.45) is 11.7 Å². The summed E-state index contributed by atoms with van der Waals surface area (Å²) in [6.07, 6.45) is -0.554. The number of amides is 3. The minimum absolute atomic E-state index is 0.0362. The van der Waals surface area contributed by atoms with Crippen molar-refractivity contribution < 1.29 is 44.4 Å². The molecular formula is C22H32N4O9. The van der Waals surface area contributed by atoms with E-state index >= 15 is 0 Å². The molecule has 0 aromatic heterocycles. The van der Waals surface area contributed by atoms with Crippen molar-refractivity contribution >= 4 is 29.7 Å². The summed E-state index contributed by atoms with van der Waals surface area (Å²) >= 11 is 0. The van der Waals surface area contributed by atoms with E-state index in [1.807, 2.05) is 0 Å². The molecule has 1 rings (SSSR count). The Hall–Kier alpha value is -3.71. The molecule has 0 heterocycles. The van der Waals surface area contributed by atoms with E-state index in [0.717, 1.165) is 0 Å². The van der Waals surface area contributed by atoms with E-state index in [0.29, 0.717) is 12.0 Å². The van der Waals surface area contributed by atoms with E-state index in [2.05, 4.69) is 16.0 Å². The number of nitrogens with two attached hydrogens (primary N) is 1. The fraction of sp³-hybridized carbons (Fsp3) is 0.500. The first-order valence-electron chi connectivity index (χ1n) is 10.9. The molecular weight excluding hydrogens is 464 g/mol. The van der Waals surface area contributed by atoms with Crippen LogP contribution in [0.2, 0.25) is 0 Å². The standard InChI is InChI=1S/C22H32N4O9/c1-3-11(2)18(26-19(31)14(23)10-27)21(33)24-15(8-12-4-6-13(28)7-5-12)20(32)25-16(22(34)35)9-17(29)30/h4-7,11,14-16,18,27-28H,3,8-10,23H2,1-2H3,(H,24,33)(H,25,32)(H,26,31)(H,29,30)(H,34,35). The van der Waals surface area contributed by atoms with Crippen molar-refractivity contribution in [1.82, 2.24) is 16.0 Å². The van der Waals surface area contributed by atoms with Crippen molar-refractivity contribution in [3.05, 3.63) is 29.8 Å². The Morgan fingerprint density at radius 3 is 1.97 bits per heavy atom. The maximum absolute atomic E-state index is 13.1. The lowest BCUT2D eigenvalue weighted by Gasteiger charge is -2.27. The number of aliphatic carboxylic acids is 2. The summed E-state index contributed by atoms with van der Waals surface area (Å²) in [6, 6.07) is 0.199. The number of aliphatic hydroxyl groups excluding tert-OH is 1. The average Bonchev–Trinajstić information content (AvgIpc) is 2.81. The first-order valence-corrected chi connectivity index (χ1v) is 10.9. The van der Waals surface area contributed by atoms with Crippen LogP contribution >= 0.6 is 0 Å². The monoisotopic (exact) mass is 496 g/mol. The van der Waals surface area contributed by atoms with Gasteiger partial charge in [0.15, 0.2) is 0 Å². The van der Waals surface area contributed by atoms with Crippen molar-refractivity contribution in [3.63, 3.8) is 0 Å². The first kappa shape index (κ1) is 29.3. The minimum Gasteiger partial charge on any atom is -0.508 e. The number of benzene rings is 1. The molecule has 35 heavy (non-hydrogen) atoms. The van der Waals surface area contributed by atoms with Crippen LogP contribution in [-0.4, -0.2) is 80.9 Å². The smallest absolute Gasteiger partial charge is 0.326 e. The van der Waals surface area contributed by atoms with Gasteiger partial charge < -0.3 is 42.1 Å². The Kier molecular flexibility index (Phi) is 11.6. The number of hydrogen-bond donors (Lipinski definition) is 8. The van der Waals surface area contributed by atoms with Gasteiger partial charge in [0.1, 0.15) is 29.9 Å². The molecule has 0 aliphatic carbocycles. The number of carboxylic acid groups (broad SMARTS) is 2. The number of nitrogens with one attached hydrogen (secondary N) is 3. The number of aromatic hydroxyl groups is 1. The Labute approximate surface area is 201 Å². The van der Waals surface area contributed by atoms with Crippen molar-refractivity contribution in [3.8, 4) is 5.75 Å². The highest BCUT2D eigenvalue weighted by molar-refractivity contribution is 5.95. The number of carbonyl (C=O) groups excluding carboxylic acids is 3. The molecule has 9 N–H and O–H groups in total. The Morgan fingerprint density at radius 1 is 0.914 bits per heavy atom. The van der Waals surface area contributed by atoms with Crippen LogP contribution in [0.25, 0.3) is 0 Å². The predicted molar refractivity (Wildman–Crippen MR) is 122 cm³/mol. The molecule has 3 amide bonds. The number of carboxylic acids is 2. The molecule has 13 nitrogen and oxygen atoms in total. The molecule has 194 valence electrons. The van der Waals surface area contributed by atoms with Crippen LogP contribution in [0.5, 0.6) is 5.75 Å². The summed E-state index contributed by atoms with van der Waals surface area (Å²) in [6.45, 7) is 2.80. The first-order chi connectivity index (χ1) is 16.4. The second kappa shape index (κ2) is 13.9. The molecule has 0 spiro atoms. The normalized spacial score (nSPS) is 15.1. The SMILES string of the molecule is CCC(C)C(NC(=O)C(N)CO)C(=O)NC(Cc1ccc(O)cc1)C(=O)NC(CC(=O)O)C(=O)O. The number of rotatable bonds is 14. The van der Waals surface area contributed by atoms with Crippen LogP contribution in [0, 0.1) is 5.92 Å². The average molecular weight is 497 g/mol. The lowest BCUT2D eigenvalue weighted by atomic mass is 9.96. The van der Waals surface area contributed by atoms with E-state index in [-0.39, 0.29) is 12.2 Å². The number of hydrogen-bond acceptors (Lipinski definition) is 8. The molecule has 13 heteroatoms. The van der Waals surface area contributed by atoms with Crippen LogP contribution in [0.3, 0.4) is 0 Å². The summed E-state index contributed by atoms with van der Waals surface area (Å²) in [4.78, 5) is 60.5. The molecule has 0 saturated heterocycles. The molecule has 0 aliphatic heterocycles. The topological polar surface area (TPSA) is 228 Å². The van der Waals surface area contributed by atoms with Gasteiger partial charge in [0.05, 0.1) is 13.0 Å². The minimum atomic E-state index is -1.74. The highest BCUT2D eigenvalue weighted by Gasteiger charge is 2.33. The van der Waals surface area contributed by atoms with E-state index < -0.39 is 72.8 Å². The van der Waals surface area contributed by atoms with Crippen molar-refractivity contribution in [2.75, 3.05) is 6.61 Å². The van der Waals surface area contributed by atoms with Crippen LogP contribution in [0.1, 0.15) is 32.3 Å². The molecule has 1 aromatic carbocycles. The van der Waals surface area contributed by atoms with Gasteiger partial charge in [-0.05, 0) is 23.6 Å². The second-order valence-corrected chi connectivity index (χ2v) is 8.09. The zero-order chi connectivity index (χ0) is 26.7. The zero-order valence-corrected chi connectivity index (χ0v) is 19.4. The maximum Gasteiger partial charge on any atom is 0.326 e. The van der Waals surface area contributed by atoms with E-state index in [1.165, 1.54) is 24.3 Å². The van der Waals surface area contributed by atoms with Gasteiger partial charge >= 0.3 is 11.9 Å². The van der Waals surface area contributed by atoms with Gasteiger partial charge in [-0.1, -0.05) is 32.4 Å². The van der Waals surface area contributed by atoms with Crippen molar-refractivity contribution in [1.29, 1.82) is 0 Å². The van der Waals surface area contributed by atoms with Gasteiger partial charge in [-0.2, -0.15) is 0 Å². The Morgan fingerprint density at radius 2 is 1.49 bits per heavy atom. The van der Waals surface area contributed by atoms with Crippen LogP contribution in [-0.2, 0) is 30.4 Å². The zero-order valence-electron chi connectivity index (χ0n) is 19.4. The van der Waals surface area contributed by atoms with Gasteiger partial charge in [0, 0.05) is 6.42 Å². The molecule has 0 saturated carbocycles. The third-order valence-corrected chi connectivity index (χ3v) is 5.33. The van der Waals surface area contributed by atoms with E-state index in [1.54, 1.807) is 13.8 Å². The largest absolute Gasteiger partial charge is 0.508 e. The van der Waals surface area contributed by atoms with Gasteiger partial charge in [0.2, 0.25) is 17.7 Å². The number of carbonyl (C=O) groups is 5. The number of phenols is 1. The van der Waals surface area contributed by atoms with Gasteiger partial charge in [0.25, 0.3) is 0 Å². The van der Waals surface area contributed by atoms with E-state index in [4.69, 9.17) is 15.9 Å². The highest BCUT2D eigenvalue weighted by atomic mass is 16.4. The van der Waals surface area contributed by atoms with E-state index in [9.17, 15) is 34.2 Å². The maximum atomic E-state index is 13.1. The van der Waals surface area contributed by atoms with Gasteiger partial charge in [-0.15, -0.1) is 0 Å². The van der Waals surface area contributed by atoms with Crippen LogP contribution in [0.15, 0.2) is 24.3 Å². The molecule has 0 fully saturated rings. The van der Waals surface area contributed by atoms with Crippen LogP contribution in [0.4, 0.5) is 0 Å². The number of aliphatic hydroxyl groups is 1. The lowest BCUT2D eigenvalue weighted by Crippen LogP contribution is -2.59. The third kappa shape index (κ3) is 9.59. The second-order valence-electron chi connectivity index (χ2n) is 8.09. The fourth-order valence-corrected chi connectivity index (χ4v) is 3.03. The quantitative estimate of drug-likeness (QED) is 0.146. The van der Waals surface area contributed by atoms with Crippen LogP contribution < -0.4 is 21.7 Å². The summed E-state index contributed by atoms with van der Waals surface area (Å²) in [5.74, 6) is -5.95. The summed E-state index contributed by atoms with van der Waals surface area (Å²) in [5, 5.41) is 43.8. The molecule has 0 bridgehead atoms. The summed E-state index contributed by atoms with van der Waals surface area (Å²) < 4.78 is 0. The van der Waals surface area contributed by atoms with Gasteiger partial charge in [-0.25, -0.2) is 4.79 Å². The fourth-order valence-electron chi connectivity index (χ4n) is 3.03.